The third kappa shape index (κ3) is 5.31. The minimum absolute atomic E-state index is 0.125. The van der Waals surface area contributed by atoms with E-state index in [9.17, 15) is 0 Å². The van der Waals surface area contributed by atoms with Crippen molar-refractivity contribution in [3.05, 3.63) is 12.7 Å². The molecule has 0 aromatic rings. The molecule has 0 rings (SSSR count). The summed E-state index contributed by atoms with van der Waals surface area (Å²) in [5.74, 6) is 0. The molecule has 0 saturated heterocycles. The van der Waals surface area contributed by atoms with E-state index in [2.05, 4.69) is 18.8 Å². The molecule has 102 valence electrons. The van der Waals surface area contributed by atoms with Gasteiger partial charge >= 0.3 is 8.80 Å². The lowest BCUT2D eigenvalue weighted by Gasteiger charge is -2.35. The molecule has 1 atom stereocenters. The zero-order valence-electron chi connectivity index (χ0n) is 11.6. The predicted octanol–water partition coefficient (Wildman–Crippen LogP) is 2.13. The normalized spacial score (nSPS) is 13.6. The Morgan fingerprint density at radius 1 is 1.06 bits per heavy atom. The van der Waals surface area contributed by atoms with Gasteiger partial charge < -0.3 is 18.6 Å². The summed E-state index contributed by atoms with van der Waals surface area (Å²) in [6, 6.07) is 0. The summed E-state index contributed by atoms with van der Waals surface area (Å²) in [5.41, 5.74) is 0.125. The maximum absolute atomic E-state index is 5.86. The van der Waals surface area contributed by atoms with Crippen LogP contribution in [0.3, 0.4) is 0 Å². The first-order valence-corrected chi connectivity index (χ1v) is 8.26. The number of hydrogen-bond donors (Lipinski definition) is 1. The number of rotatable bonds is 11. The fourth-order valence-electron chi connectivity index (χ4n) is 1.78. The van der Waals surface area contributed by atoms with Crippen molar-refractivity contribution < 1.29 is 13.3 Å². The summed E-state index contributed by atoms with van der Waals surface area (Å²) < 4.78 is 17.6. The Hall–Kier alpha value is -0.203. The quantitative estimate of drug-likeness (QED) is 0.457. The third-order valence-corrected chi connectivity index (χ3v) is 5.92. The number of hydrogen-bond acceptors (Lipinski definition) is 4. The van der Waals surface area contributed by atoms with Gasteiger partial charge in [-0.2, -0.15) is 0 Å². The van der Waals surface area contributed by atoms with Gasteiger partial charge in [0, 0.05) is 26.4 Å². The first kappa shape index (κ1) is 16.8. The van der Waals surface area contributed by atoms with Crippen molar-refractivity contribution in [1.82, 2.24) is 5.32 Å². The van der Waals surface area contributed by atoms with Crippen LogP contribution >= 0.6 is 0 Å². The van der Waals surface area contributed by atoms with E-state index in [1.54, 1.807) is 0 Å². The van der Waals surface area contributed by atoms with Gasteiger partial charge in [0.25, 0.3) is 0 Å². The predicted molar refractivity (Wildman–Crippen MR) is 72.9 cm³/mol. The zero-order valence-corrected chi connectivity index (χ0v) is 12.6. The highest BCUT2D eigenvalue weighted by Gasteiger charge is 2.48. The molecule has 0 aliphatic carbocycles. The molecule has 0 aromatic heterocycles. The van der Waals surface area contributed by atoms with E-state index in [-0.39, 0.29) is 5.67 Å². The fourth-order valence-corrected chi connectivity index (χ4v) is 4.70. The van der Waals surface area contributed by atoms with Gasteiger partial charge in [-0.1, -0.05) is 13.0 Å². The van der Waals surface area contributed by atoms with Crippen molar-refractivity contribution in [2.45, 2.75) is 39.8 Å². The first-order valence-electron chi connectivity index (χ1n) is 6.46. The molecule has 0 saturated carbocycles. The highest BCUT2D eigenvalue weighted by Crippen LogP contribution is 2.17. The summed E-state index contributed by atoms with van der Waals surface area (Å²) in [6.45, 7) is 14.3. The van der Waals surface area contributed by atoms with Crippen LogP contribution in [-0.4, -0.2) is 40.8 Å². The lowest BCUT2D eigenvalue weighted by atomic mass is 10.4. The molecule has 17 heavy (non-hydrogen) atoms. The van der Waals surface area contributed by atoms with Crippen LogP contribution in [0.5, 0.6) is 0 Å². The molecule has 0 aliphatic heterocycles. The molecule has 4 nitrogen and oxygen atoms in total. The number of nitrogens with one attached hydrogen (secondary N) is 1. The van der Waals surface area contributed by atoms with Gasteiger partial charge in [0.05, 0.1) is 5.67 Å². The Morgan fingerprint density at radius 3 is 1.82 bits per heavy atom. The molecule has 0 aromatic carbocycles. The molecule has 1 N–H and O–H groups in total. The maximum Gasteiger partial charge on any atom is 0.518 e. The van der Waals surface area contributed by atoms with E-state index >= 15 is 0 Å². The molecule has 0 aliphatic rings. The second kappa shape index (κ2) is 9.79. The maximum atomic E-state index is 5.86. The van der Waals surface area contributed by atoms with Crippen LogP contribution in [0.25, 0.3) is 0 Å². The SMILES string of the molecule is C=CCNC(CC)[Si](OCC)(OCC)OCC. The molecule has 1 unspecified atom stereocenters. The van der Waals surface area contributed by atoms with Crippen LogP contribution < -0.4 is 5.32 Å². The minimum Gasteiger partial charge on any atom is -0.373 e. The second-order valence-corrected chi connectivity index (χ2v) is 6.33. The van der Waals surface area contributed by atoms with Gasteiger partial charge in [0.2, 0.25) is 0 Å². The van der Waals surface area contributed by atoms with Crippen molar-refractivity contribution in [2.75, 3.05) is 26.4 Å². The molecule has 0 bridgehead atoms. The monoisotopic (exact) mass is 261 g/mol. The Labute approximate surface area is 107 Å². The van der Waals surface area contributed by atoms with Crippen LogP contribution in [0.15, 0.2) is 12.7 Å². The van der Waals surface area contributed by atoms with Gasteiger partial charge in [0.15, 0.2) is 0 Å². The van der Waals surface area contributed by atoms with Crippen LogP contribution in [0.4, 0.5) is 0 Å². The lowest BCUT2D eigenvalue weighted by molar-refractivity contribution is 0.0578. The molecular weight excluding hydrogens is 234 g/mol. The fraction of sp³-hybridized carbons (Fsp3) is 0.833. The van der Waals surface area contributed by atoms with E-state index in [0.717, 1.165) is 13.0 Å². The van der Waals surface area contributed by atoms with Gasteiger partial charge in [-0.05, 0) is 27.2 Å². The van der Waals surface area contributed by atoms with Gasteiger partial charge in [-0.25, -0.2) is 0 Å². The van der Waals surface area contributed by atoms with Gasteiger partial charge in [-0.3, -0.25) is 0 Å². The molecule has 0 fully saturated rings. The highest BCUT2D eigenvalue weighted by atomic mass is 28.4. The van der Waals surface area contributed by atoms with E-state index in [1.165, 1.54) is 0 Å². The smallest absolute Gasteiger partial charge is 0.373 e. The average molecular weight is 261 g/mol. The Morgan fingerprint density at radius 2 is 1.53 bits per heavy atom. The van der Waals surface area contributed by atoms with Crippen LogP contribution in [0.2, 0.25) is 0 Å². The molecule has 5 heteroatoms. The van der Waals surface area contributed by atoms with E-state index in [0.29, 0.717) is 19.8 Å². The zero-order chi connectivity index (χ0) is 13.1. The van der Waals surface area contributed by atoms with E-state index in [1.807, 2.05) is 26.8 Å². The lowest BCUT2D eigenvalue weighted by Crippen LogP contribution is -2.61. The second-order valence-electron chi connectivity index (χ2n) is 3.56. The van der Waals surface area contributed by atoms with Crippen molar-refractivity contribution >= 4 is 8.80 Å². The molecule has 0 radical (unpaired) electrons. The minimum atomic E-state index is -2.62. The molecule has 0 heterocycles. The summed E-state index contributed by atoms with van der Waals surface area (Å²) in [4.78, 5) is 0. The summed E-state index contributed by atoms with van der Waals surface area (Å²) in [5, 5.41) is 3.38. The molecular formula is C12H27NO3Si. The van der Waals surface area contributed by atoms with Crippen LogP contribution in [0.1, 0.15) is 34.1 Å². The topological polar surface area (TPSA) is 39.7 Å². The Bertz CT molecular complexity index is 185. The van der Waals surface area contributed by atoms with Crippen molar-refractivity contribution in [1.29, 1.82) is 0 Å². The van der Waals surface area contributed by atoms with Crippen molar-refractivity contribution in [3.63, 3.8) is 0 Å². The van der Waals surface area contributed by atoms with E-state index < -0.39 is 8.80 Å². The Balaban J connectivity index is 4.82. The van der Waals surface area contributed by atoms with Crippen LogP contribution in [0, 0.1) is 0 Å². The third-order valence-electron chi connectivity index (χ3n) is 2.38. The van der Waals surface area contributed by atoms with Gasteiger partial charge in [-0.15, -0.1) is 6.58 Å². The summed E-state index contributed by atoms with van der Waals surface area (Å²) in [6.07, 6.45) is 2.76. The van der Waals surface area contributed by atoms with Crippen molar-refractivity contribution in [3.8, 4) is 0 Å². The molecule has 0 spiro atoms. The molecule has 0 amide bonds. The standard InChI is InChI=1S/C12H27NO3Si/c1-6-11-13-12(7-2)17(14-8-3,15-9-4)16-10-5/h6,12-13H,1,7-11H2,2-5H3. The van der Waals surface area contributed by atoms with Crippen LogP contribution in [-0.2, 0) is 13.3 Å². The van der Waals surface area contributed by atoms with Crippen molar-refractivity contribution in [2.24, 2.45) is 0 Å². The average Bonchev–Trinajstić information content (AvgIpc) is 2.31. The first-order chi connectivity index (χ1) is 8.20. The Kier molecular flexibility index (Phi) is 9.67. The summed E-state index contributed by atoms with van der Waals surface area (Å²) >= 11 is 0. The van der Waals surface area contributed by atoms with Gasteiger partial charge in [0.1, 0.15) is 0 Å². The highest BCUT2D eigenvalue weighted by molar-refractivity contribution is 6.62. The largest absolute Gasteiger partial charge is 0.518 e. The summed E-state index contributed by atoms with van der Waals surface area (Å²) in [7, 11) is -2.62. The van der Waals surface area contributed by atoms with E-state index in [4.69, 9.17) is 13.3 Å².